The Morgan fingerprint density at radius 1 is 1.42 bits per heavy atom. The highest BCUT2D eigenvalue weighted by Gasteiger charge is 2.25. The number of amides is 1. The number of rotatable bonds is 6. The fourth-order valence-electron chi connectivity index (χ4n) is 1.93. The predicted molar refractivity (Wildman–Crippen MR) is 70.6 cm³/mol. The van der Waals surface area contributed by atoms with E-state index in [0.29, 0.717) is 6.42 Å². The van der Waals surface area contributed by atoms with Crippen LogP contribution in [-0.2, 0) is 16.6 Å². The molecule has 0 bridgehead atoms. The van der Waals surface area contributed by atoms with E-state index in [4.69, 9.17) is 5.11 Å². The van der Waals surface area contributed by atoms with Gasteiger partial charge >= 0.3 is 5.97 Å². The fourth-order valence-corrected chi connectivity index (χ4v) is 1.93. The predicted octanol–water partition coefficient (Wildman–Crippen LogP) is 1.14. The van der Waals surface area contributed by atoms with E-state index in [1.165, 1.54) is 0 Å². The third-order valence-corrected chi connectivity index (χ3v) is 3.02. The van der Waals surface area contributed by atoms with Crippen molar-refractivity contribution in [3.05, 3.63) is 18.0 Å². The van der Waals surface area contributed by atoms with Crippen LogP contribution in [0.5, 0.6) is 0 Å². The van der Waals surface area contributed by atoms with Gasteiger partial charge < -0.3 is 10.4 Å². The Balaban J connectivity index is 2.72. The maximum absolute atomic E-state index is 12.1. The third kappa shape index (κ3) is 4.08. The molecule has 0 saturated heterocycles. The average molecular weight is 267 g/mol. The minimum atomic E-state index is -1.00. The zero-order chi connectivity index (χ0) is 14.6. The van der Waals surface area contributed by atoms with E-state index in [1.54, 1.807) is 30.9 Å². The van der Waals surface area contributed by atoms with Crippen LogP contribution in [0.4, 0.5) is 0 Å². The highest BCUT2D eigenvalue weighted by atomic mass is 16.4. The zero-order valence-electron chi connectivity index (χ0n) is 11.8. The van der Waals surface area contributed by atoms with E-state index in [-0.39, 0.29) is 11.8 Å². The smallest absolute Gasteiger partial charge is 0.326 e. The fraction of sp³-hybridized carbons (Fsp3) is 0.615. The van der Waals surface area contributed by atoms with Crippen LogP contribution in [0.2, 0.25) is 0 Å². The summed E-state index contributed by atoms with van der Waals surface area (Å²) in [5.41, 5.74) is 0.756. The average Bonchev–Trinajstić information content (AvgIpc) is 2.72. The summed E-state index contributed by atoms with van der Waals surface area (Å²) >= 11 is 0. The van der Waals surface area contributed by atoms with Crippen molar-refractivity contribution in [2.75, 3.05) is 0 Å². The van der Waals surface area contributed by atoms with Gasteiger partial charge in [-0.1, -0.05) is 13.8 Å². The van der Waals surface area contributed by atoms with E-state index >= 15 is 0 Å². The molecular weight excluding hydrogens is 246 g/mol. The summed E-state index contributed by atoms with van der Waals surface area (Å²) < 4.78 is 1.61. The molecule has 1 aromatic rings. The van der Waals surface area contributed by atoms with Crippen LogP contribution in [0.1, 0.15) is 38.8 Å². The first-order valence-corrected chi connectivity index (χ1v) is 6.34. The summed E-state index contributed by atoms with van der Waals surface area (Å²) in [7, 11) is 1.75. The molecule has 1 amide bonds. The Morgan fingerprint density at radius 3 is 2.47 bits per heavy atom. The topological polar surface area (TPSA) is 84.2 Å². The molecule has 0 radical (unpaired) electrons. The number of carboxylic acid groups (broad SMARTS) is 1. The molecule has 0 aliphatic carbocycles. The van der Waals surface area contributed by atoms with Crippen LogP contribution in [-0.4, -0.2) is 32.8 Å². The second-order valence-corrected chi connectivity index (χ2v) is 5.13. The van der Waals surface area contributed by atoms with Crippen molar-refractivity contribution in [3.63, 3.8) is 0 Å². The van der Waals surface area contributed by atoms with Gasteiger partial charge in [0, 0.05) is 13.2 Å². The molecule has 0 saturated carbocycles. The molecule has 6 nitrogen and oxygen atoms in total. The van der Waals surface area contributed by atoms with Gasteiger partial charge in [-0.25, -0.2) is 4.79 Å². The van der Waals surface area contributed by atoms with Gasteiger partial charge in [0.15, 0.2) is 0 Å². The standard InChI is InChI=1S/C13H21N3O3/c1-8(2)7-10(13(18)19)15-12(17)9(3)11-5-6-14-16(11)4/h5-6,8-10H,7H2,1-4H3,(H,15,17)(H,18,19)/t9?,10-/m1/s1. The molecule has 0 aliphatic heterocycles. The molecular formula is C13H21N3O3. The number of carbonyl (C=O) groups excluding carboxylic acids is 1. The Kier molecular flexibility index (Phi) is 5.09. The van der Waals surface area contributed by atoms with Crippen LogP contribution in [0.3, 0.4) is 0 Å². The second-order valence-electron chi connectivity index (χ2n) is 5.13. The SMILES string of the molecule is CC(C)C[C@@H](NC(=O)C(C)c1ccnn1C)C(=O)O. The molecule has 1 heterocycles. The molecule has 1 unspecified atom stereocenters. The molecule has 19 heavy (non-hydrogen) atoms. The van der Waals surface area contributed by atoms with Crippen LogP contribution in [0.25, 0.3) is 0 Å². The summed E-state index contributed by atoms with van der Waals surface area (Å²) in [5.74, 6) is -1.52. The Labute approximate surface area is 112 Å². The highest BCUT2D eigenvalue weighted by molar-refractivity contribution is 5.87. The minimum Gasteiger partial charge on any atom is -0.480 e. The van der Waals surface area contributed by atoms with Crippen molar-refractivity contribution < 1.29 is 14.7 Å². The second kappa shape index (κ2) is 6.36. The number of carbonyl (C=O) groups is 2. The molecule has 106 valence electrons. The highest BCUT2D eigenvalue weighted by Crippen LogP contribution is 2.15. The van der Waals surface area contributed by atoms with E-state index in [2.05, 4.69) is 10.4 Å². The molecule has 2 N–H and O–H groups in total. The summed E-state index contributed by atoms with van der Waals surface area (Å²) in [5, 5.41) is 15.7. The maximum Gasteiger partial charge on any atom is 0.326 e. The quantitative estimate of drug-likeness (QED) is 0.809. The van der Waals surface area contributed by atoms with Gasteiger partial charge in [0.05, 0.1) is 11.6 Å². The number of aliphatic carboxylic acids is 1. The number of carboxylic acids is 1. The molecule has 0 aromatic carbocycles. The van der Waals surface area contributed by atoms with Gasteiger partial charge in [-0.2, -0.15) is 5.10 Å². The molecule has 0 fully saturated rings. The lowest BCUT2D eigenvalue weighted by Gasteiger charge is -2.19. The van der Waals surface area contributed by atoms with E-state index in [1.807, 2.05) is 13.8 Å². The summed E-state index contributed by atoms with van der Waals surface area (Å²) in [4.78, 5) is 23.2. The molecule has 1 rings (SSSR count). The van der Waals surface area contributed by atoms with Gasteiger partial charge in [-0.05, 0) is 25.3 Å². The van der Waals surface area contributed by atoms with Crippen molar-refractivity contribution in [2.24, 2.45) is 13.0 Å². The Bertz CT molecular complexity index is 454. The molecule has 2 atom stereocenters. The van der Waals surface area contributed by atoms with Crippen molar-refractivity contribution in [1.29, 1.82) is 0 Å². The first kappa shape index (κ1) is 15.2. The van der Waals surface area contributed by atoms with Gasteiger partial charge in [0.2, 0.25) is 5.91 Å². The zero-order valence-corrected chi connectivity index (χ0v) is 11.8. The lowest BCUT2D eigenvalue weighted by molar-refractivity contribution is -0.142. The lowest BCUT2D eigenvalue weighted by atomic mass is 10.0. The lowest BCUT2D eigenvalue weighted by Crippen LogP contribution is -2.43. The number of hydrogen-bond donors (Lipinski definition) is 2. The summed E-state index contributed by atoms with van der Waals surface area (Å²) in [6.07, 6.45) is 2.03. The molecule has 0 spiro atoms. The number of nitrogens with zero attached hydrogens (tertiary/aromatic N) is 2. The first-order chi connectivity index (χ1) is 8.82. The van der Waals surface area contributed by atoms with Crippen molar-refractivity contribution >= 4 is 11.9 Å². The van der Waals surface area contributed by atoms with Crippen molar-refractivity contribution in [1.82, 2.24) is 15.1 Å². The van der Waals surface area contributed by atoms with Crippen molar-refractivity contribution in [3.8, 4) is 0 Å². The molecule has 0 aliphatic rings. The third-order valence-electron chi connectivity index (χ3n) is 3.02. The van der Waals surface area contributed by atoms with Gasteiger partial charge in [0.25, 0.3) is 0 Å². The van der Waals surface area contributed by atoms with Gasteiger partial charge in [-0.3, -0.25) is 9.48 Å². The first-order valence-electron chi connectivity index (χ1n) is 6.34. The van der Waals surface area contributed by atoms with Crippen LogP contribution in [0, 0.1) is 5.92 Å². The van der Waals surface area contributed by atoms with Crippen LogP contribution >= 0.6 is 0 Å². The number of aryl methyl sites for hydroxylation is 1. The van der Waals surface area contributed by atoms with Crippen molar-refractivity contribution in [2.45, 2.75) is 39.2 Å². The molecule has 1 aromatic heterocycles. The van der Waals surface area contributed by atoms with E-state index in [0.717, 1.165) is 5.69 Å². The minimum absolute atomic E-state index is 0.202. The van der Waals surface area contributed by atoms with Crippen LogP contribution < -0.4 is 5.32 Å². The monoisotopic (exact) mass is 267 g/mol. The number of nitrogens with one attached hydrogen (secondary N) is 1. The summed E-state index contributed by atoms with van der Waals surface area (Å²) in [6, 6.07) is 0.908. The largest absolute Gasteiger partial charge is 0.480 e. The van der Waals surface area contributed by atoms with Crippen LogP contribution in [0.15, 0.2) is 12.3 Å². The Hall–Kier alpha value is -1.85. The van der Waals surface area contributed by atoms with Gasteiger partial charge in [0.1, 0.15) is 6.04 Å². The molecule has 6 heteroatoms. The normalized spacial score (nSPS) is 14.2. The van der Waals surface area contributed by atoms with E-state index in [9.17, 15) is 9.59 Å². The summed E-state index contributed by atoms with van der Waals surface area (Å²) in [6.45, 7) is 5.58. The number of aromatic nitrogens is 2. The van der Waals surface area contributed by atoms with E-state index < -0.39 is 17.9 Å². The van der Waals surface area contributed by atoms with Gasteiger partial charge in [-0.15, -0.1) is 0 Å². The Morgan fingerprint density at radius 2 is 2.05 bits per heavy atom. The number of hydrogen-bond acceptors (Lipinski definition) is 3. The maximum atomic E-state index is 12.1.